The lowest BCUT2D eigenvalue weighted by atomic mass is 9.97. The lowest BCUT2D eigenvalue weighted by Crippen LogP contribution is -2.38. The van der Waals surface area contributed by atoms with Gasteiger partial charge >= 0.3 is 5.69 Å². The smallest absolute Gasteiger partial charge is 0.332 e. The van der Waals surface area contributed by atoms with Gasteiger partial charge in [0.25, 0.3) is 5.56 Å². The Hall–Kier alpha value is -3.49. The number of aliphatic hydroxyl groups is 1. The van der Waals surface area contributed by atoms with E-state index in [1.165, 1.54) is 17.9 Å². The van der Waals surface area contributed by atoms with Gasteiger partial charge in [0.15, 0.2) is 11.2 Å². The number of hydrogen-bond donors (Lipinski definition) is 1. The fourth-order valence-electron chi connectivity index (χ4n) is 3.90. The van der Waals surface area contributed by atoms with Crippen LogP contribution in [-0.4, -0.2) is 36.5 Å². The first-order valence-electron chi connectivity index (χ1n) is 10.4. The van der Waals surface area contributed by atoms with Crippen molar-refractivity contribution in [2.75, 3.05) is 6.61 Å². The molecule has 1 N–H and O–H groups in total. The normalized spacial score (nSPS) is 13.4. The lowest BCUT2D eigenvalue weighted by Gasteiger charge is -2.22. The third-order valence-corrected chi connectivity index (χ3v) is 5.65. The van der Waals surface area contributed by atoms with Crippen LogP contribution in [0.4, 0.5) is 0 Å². The molecule has 8 nitrogen and oxygen atoms in total. The van der Waals surface area contributed by atoms with E-state index in [9.17, 15) is 14.7 Å². The largest absolute Gasteiger partial charge is 0.389 e. The topological polar surface area (TPSA) is 91.3 Å². The van der Waals surface area contributed by atoms with Crippen molar-refractivity contribution in [3.8, 4) is 0 Å². The van der Waals surface area contributed by atoms with Gasteiger partial charge in [0.2, 0.25) is 0 Å². The summed E-state index contributed by atoms with van der Waals surface area (Å²) in [5.74, 6) is 0. The number of rotatable bonds is 7. The summed E-state index contributed by atoms with van der Waals surface area (Å²) in [5.41, 5.74) is 2.78. The average Bonchev–Trinajstić information content (AvgIpc) is 3.22. The van der Waals surface area contributed by atoms with Crippen LogP contribution in [-0.2, 0) is 25.4 Å². The fraction of sp³-hybridized carbons (Fsp3) is 0.292. The lowest BCUT2D eigenvalue weighted by molar-refractivity contribution is -0.000383. The molecule has 166 valence electrons. The van der Waals surface area contributed by atoms with Crippen LogP contribution in [0.3, 0.4) is 0 Å². The third-order valence-electron chi connectivity index (χ3n) is 5.65. The fourth-order valence-corrected chi connectivity index (χ4v) is 3.90. The van der Waals surface area contributed by atoms with Gasteiger partial charge in [-0.15, -0.1) is 0 Å². The van der Waals surface area contributed by atoms with Crippen molar-refractivity contribution in [1.29, 1.82) is 0 Å². The van der Waals surface area contributed by atoms with Crippen LogP contribution in [0.15, 0.2) is 70.5 Å². The van der Waals surface area contributed by atoms with Crippen molar-refractivity contribution < 1.29 is 9.84 Å². The van der Waals surface area contributed by atoms with E-state index in [0.29, 0.717) is 0 Å². The van der Waals surface area contributed by atoms with Crippen LogP contribution in [0.25, 0.3) is 11.2 Å². The van der Waals surface area contributed by atoms with E-state index in [4.69, 9.17) is 4.74 Å². The van der Waals surface area contributed by atoms with Gasteiger partial charge in [0.1, 0.15) is 6.10 Å². The van der Waals surface area contributed by atoms with Crippen LogP contribution >= 0.6 is 0 Å². The zero-order valence-corrected chi connectivity index (χ0v) is 18.3. The van der Waals surface area contributed by atoms with E-state index in [1.54, 1.807) is 11.6 Å². The Morgan fingerprint density at radius 1 is 1.00 bits per heavy atom. The first-order valence-corrected chi connectivity index (χ1v) is 10.4. The van der Waals surface area contributed by atoms with Gasteiger partial charge in [0.05, 0.1) is 25.6 Å². The van der Waals surface area contributed by atoms with Gasteiger partial charge in [-0.2, -0.15) is 0 Å². The first kappa shape index (κ1) is 21.7. The molecule has 4 rings (SSSR count). The summed E-state index contributed by atoms with van der Waals surface area (Å²) in [6.45, 7) is 2.20. The van der Waals surface area contributed by atoms with Gasteiger partial charge in [-0.05, 0) is 23.6 Å². The third kappa shape index (κ3) is 4.02. The molecule has 4 aromatic rings. The number of benzene rings is 2. The molecule has 2 aromatic carbocycles. The maximum absolute atomic E-state index is 12.6. The molecule has 2 atom stereocenters. The highest BCUT2D eigenvalue weighted by atomic mass is 16.5. The summed E-state index contributed by atoms with van der Waals surface area (Å²) >= 11 is 0. The second kappa shape index (κ2) is 8.94. The van der Waals surface area contributed by atoms with Gasteiger partial charge in [-0.1, -0.05) is 54.6 Å². The van der Waals surface area contributed by atoms with E-state index >= 15 is 0 Å². The predicted octanol–water partition coefficient (Wildman–Crippen LogP) is 1.91. The Morgan fingerprint density at radius 2 is 1.69 bits per heavy atom. The van der Waals surface area contributed by atoms with Crippen LogP contribution < -0.4 is 11.2 Å². The van der Waals surface area contributed by atoms with Crippen LogP contribution in [0.2, 0.25) is 0 Å². The molecular formula is C24H26N4O4. The minimum atomic E-state index is -0.885. The minimum Gasteiger partial charge on any atom is -0.389 e. The number of fused-ring (bicyclic) bond motifs is 1. The molecule has 0 aliphatic rings. The summed E-state index contributed by atoms with van der Waals surface area (Å²) in [5, 5.41) is 10.7. The molecule has 0 unspecified atom stereocenters. The Morgan fingerprint density at radius 3 is 2.41 bits per heavy atom. The maximum Gasteiger partial charge on any atom is 0.332 e. The maximum atomic E-state index is 12.6. The van der Waals surface area contributed by atoms with E-state index in [1.807, 2.05) is 61.5 Å². The van der Waals surface area contributed by atoms with E-state index in [0.717, 1.165) is 21.3 Å². The highest BCUT2D eigenvalue weighted by Gasteiger charge is 2.20. The number of ether oxygens (including phenoxy) is 1. The van der Waals surface area contributed by atoms with Crippen molar-refractivity contribution in [3.05, 3.63) is 98.5 Å². The molecule has 0 spiro atoms. The zero-order chi connectivity index (χ0) is 22.8. The predicted molar refractivity (Wildman–Crippen MR) is 122 cm³/mol. The number of hydrogen-bond acceptors (Lipinski definition) is 5. The Bertz CT molecular complexity index is 1350. The first-order chi connectivity index (χ1) is 15.4. The monoisotopic (exact) mass is 434 g/mol. The molecule has 0 amide bonds. The van der Waals surface area contributed by atoms with Gasteiger partial charge in [-0.3, -0.25) is 13.9 Å². The summed E-state index contributed by atoms with van der Waals surface area (Å²) in [6, 6.07) is 17.9. The number of aryl methyl sites for hydroxylation is 2. The zero-order valence-electron chi connectivity index (χ0n) is 18.3. The van der Waals surface area contributed by atoms with Crippen LogP contribution in [0.1, 0.15) is 22.8 Å². The summed E-state index contributed by atoms with van der Waals surface area (Å²) in [6.07, 6.45) is 0.245. The van der Waals surface area contributed by atoms with Gasteiger partial charge in [0, 0.05) is 14.1 Å². The molecule has 0 aliphatic heterocycles. The molecule has 8 heteroatoms. The van der Waals surface area contributed by atoms with E-state index in [-0.39, 0.29) is 30.4 Å². The van der Waals surface area contributed by atoms with Crippen LogP contribution in [0, 0.1) is 6.92 Å². The van der Waals surface area contributed by atoms with Crippen molar-refractivity contribution >= 4 is 11.2 Å². The Labute approximate surface area is 185 Å². The average molecular weight is 434 g/mol. The Balaban J connectivity index is 1.58. The summed E-state index contributed by atoms with van der Waals surface area (Å²) in [4.78, 5) is 28.9. The molecule has 0 aliphatic carbocycles. The molecule has 0 saturated heterocycles. The molecule has 0 bridgehead atoms. The summed E-state index contributed by atoms with van der Waals surface area (Å²) in [7, 11) is 2.99. The van der Waals surface area contributed by atoms with Crippen molar-refractivity contribution in [1.82, 2.24) is 18.7 Å². The molecule has 32 heavy (non-hydrogen) atoms. The highest BCUT2D eigenvalue weighted by Crippen LogP contribution is 2.28. The standard InChI is InChI=1S/C24H26N4O4/c1-16-9-7-8-12-19(16)21(17-10-5-4-6-11-17)32-14-18(29)13-28-15-25-22-20(28)23(30)27(3)24(31)26(22)2/h4-12,15,18,21,29H,13-14H2,1-3H3/t18-,21+/m0/s1. The van der Waals surface area contributed by atoms with Crippen molar-refractivity contribution in [3.63, 3.8) is 0 Å². The van der Waals surface area contributed by atoms with Crippen molar-refractivity contribution in [2.24, 2.45) is 14.1 Å². The number of aromatic nitrogens is 4. The number of imidazole rings is 1. The number of aliphatic hydroxyl groups excluding tert-OH is 1. The Kier molecular flexibility index (Phi) is 6.07. The van der Waals surface area contributed by atoms with Gasteiger partial charge in [-0.25, -0.2) is 9.78 Å². The molecule has 2 aromatic heterocycles. The second-order valence-corrected chi connectivity index (χ2v) is 7.91. The van der Waals surface area contributed by atoms with Crippen LogP contribution in [0.5, 0.6) is 0 Å². The molecule has 2 heterocycles. The van der Waals surface area contributed by atoms with E-state index < -0.39 is 17.4 Å². The number of nitrogens with zero attached hydrogens (tertiary/aromatic N) is 4. The highest BCUT2D eigenvalue weighted by molar-refractivity contribution is 5.69. The van der Waals surface area contributed by atoms with Crippen molar-refractivity contribution in [2.45, 2.75) is 25.7 Å². The quantitative estimate of drug-likeness (QED) is 0.480. The molecular weight excluding hydrogens is 408 g/mol. The summed E-state index contributed by atoms with van der Waals surface area (Å²) < 4.78 is 10.1. The molecule has 0 fully saturated rings. The van der Waals surface area contributed by atoms with Gasteiger partial charge < -0.3 is 14.4 Å². The second-order valence-electron chi connectivity index (χ2n) is 7.91. The SMILES string of the molecule is Cc1ccccc1[C@H](OC[C@@H](O)Cn1cnc2c1c(=O)n(C)c(=O)n2C)c1ccccc1. The minimum absolute atomic E-state index is 0.0552. The van der Waals surface area contributed by atoms with E-state index in [2.05, 4.69) is 4.98 Å². The molecule has 0 radical (unpaired) electrons. The molecule has 0 saturated carbocycles.